The monoisotopic (exact) mass is 233 g/mol. The van der Waals surface area contributed by atoms with E-state index >= 15 is 0 Å². The first kappa shape index (κ1) is 11.9. The molecule has 1 aliphatic rings. The number of nitrogens with zero attached hydrogens (tertiary/aromatic N) is 2. The molecule has 0 aliphatic carbocycles. The Bertz CT molecular complexity index is 439. The molecule has 1 aromatic rings. The molecule has 0 radical (unpaired) electrons. The lowest BCUT2D eigenvalue weighted by atomic mass is 10.1. The second kappa shape index (κ2) is 5.15. The summed E-state index contributed by atoms with van der Waals surface area (Å²) in [5.41, 5.74) is 1.28. The van der Waals surface area contributed by atoms with Crippen LogP contribution < -0.4 is 10.2 Å². The molecule has 1 unspecified atom stereocenters. The minimum Gasteiger partial charge on any atom is -0.370 e. The van der Waals surface area contributed by atoms with Gasteiger partial charge in [-0.2, -0.15) is 5.26 Å². The summed E-state index contributed by atoms with van der Waals surface area (Å²) in [4.78, 5) is 2.17. The van der Waals surface area contributed by atoms with Crippen molar-refractivity contribution in [3.63, 3.8) is 0 Å². The largest absolute Gasteiger partial charge is 0.370 e. The van der Waals surface area contributed by atoms with Crippen molar-refractivity contribution < 1.29 is 4.39 Å². The fourth-order valence-electron chi connectivity index (χ4n) is 2.38. The van der Waals surface area contributed by atoms with Crippen LogP contribution in [0.1, 0.15) is 12.0 Å². The van der Waals surface area contributed by atoms with E-state index in [-0.39, 0.29) is 5.82 Å². The predicted octanol–water partition coefficient (Wildman–Crippen LogP) is 1.74. The highest BCUT2D eigenvalue weighted by Gasteiger charge is 2.23. The van der Waals surface area contributed by atoms with Gasteiger partial charge in [0.15, 0.2) is 0 Å². The smallest absolute Gasteiger partial charge is 0.124 e. The van der Waals surface area contributed by atoms with E-state index in [0.29, 0.717) is 11.5 Å². The number of nitrogens with one attached hydrogen (secondary N) is 1. The molecule has 17 heavy (non-hydrogen) atoms. The highest BCUT2D eigenvalue weighted by Crippen LogP contribution is 2.27. The van der Waals surface area contributed by atoms with Crippen molar-refractivity contribution in [2.45, 2.75) is 6.42 Å². The first-order valence-corrected chi connectivity index (χ1v) is 5.83. The van der Waals surface area contributed by atoms with Crippen LogP contribution in [-0.4, -0.2) is 26.7 Å². The van der Waals surface area contributed by atoms with E-state index in [9.17, 15) is 4.39 Å². The maximum absolute atomic E-state index is 13.0. The van der Waals surface area contributed by atoms with Crippen molar-refractivity contribution in [1.29, 1.82) is 5.26 Å². The van der Waals surface area contributed by atoms with Crippen LogP contribution >= 0.6 is 0 Å². The van der Waals surface area contributed by atoms with Gasteiger partial charge >= 0.3 is 0 Å². The van der Waals surface area contributed by atoms with E-state index in [1.54, 1.807) is 6.07 Å². The van der Waals surface area contributed by atoms with E-state index in [0.717, 1.165) is 31.7 Å². The molecule has 1 atom stereocenters. The van der Waals surface area contributed by atoms with E-state index in [1.807, 2.05) is 7.05 Å². The minimum absolute atomic E-state index is 0.351. The van der Waals surface area contributed by atoms with Gasteiger partial charge in [0.25, 0.3) is 0 Å². The molecule has 1 aliphatic heterocycles. The van der Waals surface area contributed by atoms with Gasteiger partial charge in [-0.25, -0.2) is 4.39 Å². The molecule has 0 saturated carbocycles. The summed E-state index contributed by atoms with van der Waals surface area (Å²) in [6.45, 7) is 2.85. The Hall–Kier alpha value is -1.60. The molecule has 1 heterocycles. The summed E-state index contributed by atoms with van der Waals surface area (Å²) in [5.74, 6) is 0.257. The zero-order chi connectivity index (χ0) is 12.3. The molecule has 1 saturated heterocycles. The molecule has 4 heteroatoms. The van der Waals surface area contributed by atoms with Crippen molar-refractivity contribution in [2.75, 3.05) is 31.6 Å². The third kappa shape index (κ3) is 2.56. The van der Waals surface area contributed by atoms with Gasteiger partial charge in [0, 0.05) is 13.1 Å². The topological polar surface area (TPSA) is 39.1 Å². The van der Waals surface area contributed by atoms with Crippen molar-refractivity contribution in [2.24, 2.45) is 5.92 Å². The summed E-state index contributed by atoms with van der Waals surface area (Å²) in [7, 11) is 1.95. The maximum atomic E-state index is 13.0. The van der Waals surface area contributed by atoms with Crippen LogP contribution in [0.5, 0.6) is 0 Å². The van der Waals surface area contributed by atoms with E-state index < -0.39 is 0 Å². The lowest BCUT2D eigenvalue weighted by Crippen LogP contribution is -2.24. The van der Waals surface area contributed by atoms with Crippen LogP contribution in [0, 0.1) is 23.1 Å². The van der Waals surface area contributed by atoms with Gasteiger partial charge < -0.3 is 10.2 Å². The highest BCUT2D eigenvalue weighted by atomic mass is 19.1. The Labute approximate surface area is 101 Å². The van der Waals surface area contributed by atoms with Gasteiger partial charge in [0.1, 0.15) is 11.9 Å². The summed E-state index contributed by atoms with van der Waals surface area (Å²) in [6.07, 6.45) is 1.11. The molecular formula is C13H16FN3. The summed E-state index contributed by atoms with van der Waals surface area (Å²) in [6, 6.07) is 6.49. The molecule has 2 rings (SSSR count). The zero-order valence-electron chi connectivity index (χ0n) is 9.91. The van der Waals surface area contributed by atoms with Crippen LogP contribution in [0.3, 0.4) is 0 Å². The Kier molecular flexibility index (Phi) is 3.60. The second-order valence-corrected chi connectivity index (χ2v) is 4.43. The first-order chi connectivity index (χ1) is 8.24. The van der Waals surface area contributed by atoms with Gasteiger partial charge in [-0.05, 0) is 44.1 Å². The average molecular weight is 233 g/mol. The average Bonchev–Trinajstić information content (AvgIpc) is 2.78. The van der Waals surface area contributed by atoms with Crippen LogP contribution in [-0.2, 0) is 0 Å². The molecular weight excluding hydrogens is 217 g/mol. The van der Waals surface area contributed by atoms with Gasteiger partial charge in [0.05, 0.1) is 11.3 Å². The number of nitriles is 1. The fourth-order valence-corrected chi connectivity index (χ4v) is 2.38. The number of anilines is 1. The number of benzene rings is 1. The van der Waals surface area contributed by atoms with Crippen molar-refractivity contribution in [1.82, 2.24) is 5.32 Å². The fraction of sp³-hybridized carbons (Fsp3) is 0.462. The van der Waals surface area contributed by atoms with Crippen molar-refractivity contribution >= 4 is 5.69 Å². The van der Waals surface area contributed by atoms with Crippen LogP contribution in [0.15, 0.2) is 18.2 Å². The molecule has 0 aromatic heterocycles. The Morgan fingerprint density at radius 2 is 2.41 bits per heavy atom. The predicted molar refractivity (Wildman–Crippen MR) is 65.4 cm³/mol. The Morgan fingerprint density at radius 3 is 3.12 bits per heavy atom. The normalized spacial score (nSPS) is 19.4. The van der Waals surface area contributed by atoms with E-state index in [1.165, 1.54) is 12.1 Å². The van der Waals surface area contributed by atoms with Crippen LogP contribution in [0.25, 0.3) is 0 Å². The highest BCUT2D eigenvalue weighted by molar-refractivity contribution is 5.59. The van der Waals surface area contributed by atoms with Gasteiger partial charge in [0.2, 0.25) is 0 Å². The molecule has 90 valence electrons. The minimum atomic E-state index is -0.351. The van der Waals surface area contributed by atoms with E-state index in [2.05, 4.69) is 16.3 Å². The standard InChI is InChI=1S/C13H16FN3/c1-16-8-10-4-5-17(9-10)13-3-2-12(14)6-11(13)7-15/h2-3,6,10,16H,4-5,8-9H2,1H3. The number of halogens is 1. The third-order valence-corrected chi connectivity index (χ3v) is 3.20. The van der Waals surface area contributed by atoms with E-state index in [4.69, 9.17) is 5.26 Å². The number of hydrogen-bond donors (Lipinski definition) is 1. The number of hydrogen-bond acceptors (Lipinski definition) is 3. The number of rotatable bonds is 3. The maximum Gasteiger partial charge on any atom is 0.124 e. The molecule has 1 N–H and O–H groups in total. The second-order valence-electron chi connectivity index (χ2n) is 4.43. The van der Waals surface area contributed by atoms with Crippen LogP contribution in [0.4, 0.5) is 10.1 Å². The van der Waals surface area contributed by atoms with Gasteiger partial charge in [-0.3, -0.25) is 0 Å². The Morgan fingerprint density at radius 1 is 1.59 bits per heavy atom. The van der Waals surface area contributed by atoms with Crippen molar-refractivity contribution in [3.05, 3.63) is 29.6 Å². The summed E-state index contributed by atoms with van der Waals surface area (Å²) in [5, 5.41) is 12.2. The van der Waals surface area contributed by atoms with Gasteiger partial charge in [-0.15, -0.1) is 0 Å². The third-order valence-electron chi connectivity index (χ3n) is 3.20. The molecule has 1 aromatic carbocycles. The molecule has 0 spiro atoms. The van der Waals surface area contributed by atoms with Gasteiger partial charge in [-0.1, -0.05) is 0 Å². The molecule has 0 amide bonds. The lowest BCUT2D eigenvalue weighted by Gasteiger charge is -2.20. The zero-order valence-corrected chi connectivity index (χ0v) is 9.91. The Balaban J connectivity index is 2.16. The lowest BCUT2D eigenvalue weighted by molar-refractivity contribution is 0.549. The van der Waals surface area contributed by atoms with Crippen LogP contribution in [0.2, 0.25) is 0 Å². The summed E-state index contributed by atoms with van der Waals surface area (Å²) >= 11 is 0. The molecule has 1 fully saturated rings. The molecule has 3 nitrogen and oxygen atoms in total. The first-order valence-electron chi connectivity index (χ1n) is 5.83. The quantitative estimate of drug-likeness (QED) is 0.864. The SMILES string of the molecule is CNCC1CCN(c2ccc(F)cc2C#N)C1. The summed E-state index contributed by atoms with van der Waals surface area (Å²) < 4.78 is 13.0. The van der Waals surface area contributed by atoms with Crippen molar-refractivity contribution in [3.8, 4) is 6.07 Å². The molecule has 0 bridgehead atoms.